The van der Waals surface area contributed by atoms with E-state index in [-0.39, 0.29) is 27.3 Å². The van der Waals surface area contributed by atoms with Gasteiger partial charge in [0, 0.05) is 25.2 Å². The number of amides is 1. The van der Waals surface area contributed by atoms with Gasteiger partial charge in [-0.15, -0.1) is 0 Å². The number of hydrogen-bond donors (Lipinski definition) is 2. The van der Waals surface area contributed by atoms with Crippen LogP contribution in [0.3, 0.4) is 0 Å². The SMILES string of the molecule is CN(C)S(=O)(=O)c1ccc(Cl)c(NC(=O)CSc2nc(-c3ccccc3)c(-c3ccccc3)[nH]2)c1. The van der Waals surface area contributed by atoms with Gasteiger partial charge in [0.2, 0.25) is 15.9 Å². The number of aromatic nitrogens is 2. The van der Waals surface area contributed by atoms with E-state index in [2.05, 4.69) is 10.3 Å². The molecule has 0 radical (unpaired) electrons. The van der Waals surface area contributed by atoms with Gasteiger partial charge < -0.3 is 10.3 Å². The van der Waals surface area contributed by atoms with Gasteiger partial charge in [-0.1, -0.05) is 84.0 Å². The smallest absolute Gasteiger partial charge is 0.242 e. The van der Waals surface area contributed by atoms with Gasteiger partial charge in [-0.3, -0.25) is 4.79 Å². The van der Waals surface area contributed by atoms with Gasteiger partial charge in [-0.2, -0.15) is 0 Å². The molecule has 0 aliphatic rings. The highest BCUT2D eigenvalue weighted by molar-refractivity contribution is 7.99. The topological polar surface area (TPSA) is 95.2 Å². The number of carbonyl (C=O) groups is 1. The second kappa shape index (κ2) is 10.7. The van der Waals surface area contributed by atoms with Gasteiger partial charge >= 0.3 is 0 Å². The Hall–Kier alpha value is -3.11. The summed E-state index contributed by atoms with van der Waals surface area (Å²) >= 11 is 7.44. The normalized spacial score (nSPS) is 11.5. The number of imidazole rings is 1. The number of H-pyrrole nitrogens is 1. The largest absolute Gasteiger partial charge is 0.332 e. The summed E-state index contributed by atoms with van der Waals surface area (Å²) in [7, 11) is -0.779. The molecule has 7 nitrogen and oxygen atoms in total. The first-order valence-electron chi connectivity index (χ1n) is 10.6. The van der Waals surface area contributed by atoms with Crippen LogP contribution < -0.4 is 5.32 Å². The standard InChI is InChI=1S/C25H23ClN4O3S2/c1-30(2)35(32,33)19-13-14-20(26)21(15-19)27-22(31)16-34-25-28-23(17-9-5-3-6-10-17)24(29-25)18-11-7-4-8-12-18/h3-15H,16H2,1-2H3,(H,27,31)(H,28,29). The molecular weight excluding hydrogens is 504 g/mol. The first-order chi connectivity index (χ1) is 16.8. The average Bonchev–Trinajstić information content (AvgIpc) is 3.29. The molecule has 0 saturated carbocycles. The van der Waals surface area contributed by atoms with E-state index in [1.807, 2.05) is 60.7 Å². The molecule has 0 spiro atoms. The first kappa shape index (κ1) is 25.0. The molecule has 1 amide bonds. The van der Waals surface area contributed by atoms with Crippen LogP contribution in [-0.4, -0.2) is 48.4 Å². The van der Waals surface area contributed by atoms with Crippen LogP contribution in [0.2, 0.25) is 5.02 Å². The third kappa shape index (κ3) is 5.76. The van der Waals surface area contributed by atoms with Crippen LogP contribution in [0.15, 0.2) is 88.9 Å². The van der Waals surface area contributed by atoms with Crippen LogP contribution in [0, 0.1) is 0 Å². The Morgan fingerprint density at radius 3 is 2.26 bits per heavy atom. The number of nitrogens with zero attached hydrogens (tertiary/aromatic N) is 2. The minimum atomic E-state index is -3.66. The van der Waals surface area contributed by atoms with E-state index in [1.165, 1.54) is 44.1 Å². The van der Waals surface area contributed by atoms with Gasteiger partial charge in [0.05, 0.1) is 32.7 Å². The summed E-state index contributed by atoms with van der Waals surface area (Å²) in [6.45, 7) is 0. The molecule has 0 bridgehead atoms. The highest BCUT2D eigenvalue weighted by atomic mass is 35.5. The Balaban J connectivity index is 1.53. The molecular formula is C25H23ClN4O3S2. The van der Waals surface area contributed by atoms with E-state index in [1.54, 1.807) is 0 Å². The number of aromatic amines is 1. The van der Waals surface area contributed by atoms with Crippen LogP contribution in [0.1, 0.15) is 0 Å². The number of thioether (sulfide) groups is 1. The first-order valence-corrected chi connectivity index (χ1v) is 13.4. The van der Waals surface area contributed by atoms with Crippen LogP contribution in [0.4, 0.5) is 5.69 Å². The molecule has 1 aromatic heterocycles. The molecule has 10 heteroatoms. The van der Waals surface area contributed by atoms with E-state index >= 15 is 0 Å². The minimum absolute atomic E-state index is 0.0425. The number of rotatable bonds is 8. The molecule has 0 aliphatic heterocycles. The summed E-state index contributed by atoms with van der Waals surface area (Å²) in [6.07, 6.45) is 0. The van der Waals surface area contributed by atoms with E-state index < -0.39 is 10.0 Å². The second-order valence-corrected chi connectivity index (χ2v) is 11.3. The lowest BCUT2D eigenvalue weighted by Gasteiger charge is -2.13. The Morgan fingerprint density at radius 1 is 1.00 bits per heavy atom. The van der Waals surface area contributed by atoms with Crippen LogP contribution in [-0.2, 0) is 14.8 Å². The molecule has 0 atom stereocenters. The predicted octanol–water partition coefficient (Wildman–Crippen LogP) is 5.38. The molecule has 35 heavy (non-hydrogen) atoms. The molecule has 0 saturated heterocycles. The van der Waals surface area contributed by atoms with Gasteiger partial charge in [-0.05, 0) is 18.2 Å². The monoisotopic (exact) mass is 526 g/mol. The Kier molecular flexibility index (Phi) is 7.61. The lowest BCUT2D eigenvalue weighted by atomic mass is 10.1. The van der Waals surface area contributed by atoms with Crippen molar-refractivity contribution in [2.75, 3.05) is 25.2 Å². The highest BCUT2D eigenvalue weighted by Gasteiger charge is 2.20. The molecule has 180 valence electrons. The lowest BCUT2D eigenvalue weighted by Crippen LogP contribution is -2.22. The number of sulfonamides is 1. The third-order valence-corrected chi connectivity index (χ3v) is 8.14. The number of anilines is 1. The zero-order valence-corrected chi connectivity index (χ0v) is 21.4. The van der Waals surface area contributed by atoms with Crippen molar-refractivity contribution in [1.82, 2.24) is 14.3 Å². The van der Waals surface area contributed by atoms with Crippen molar-refractivity contribution in [2.45, 2.75) is 10.1 Å². The fourth-order valence-corrected chi connectivity index (χ4v) is 5.09. The second-order valence-electron chi connectivity index (χ2n) is 7.76. The predicted molar refractivity (Wildman–Crippen MR) is 141 cm³/mol. The fourth-order valence-electron chi connectivity index (χ4n) is 3.33. The maximum absolute atomic E-state index is 12.7. The van der Waals surface area contributed by atoms with Crippen LogP contribution >= 0.6 is 23.4 Å². The van der Waals surface area contributed by atoms with Gasteiger partial charge in [0.15, 0.2) is 5.16 Å². The third-order valence-electron chi connectivity index (χ3n) is 5.12. The molecule has 1 heterocycles. The maximum atomic E-state index is 12.7. The summed E-state index contributed by atoms with van der Waals surface area (Å²) in [6, 6.07) is 23.9. The average molecular weight is 527 g/mol. The van der Waals surface area contributed by atoms with E-state index in [4.69, 9.17) is 16.6 Å². The maximum Gasteiger partial charge on any atom is 0.242 e. The summed E-state index contributed by atoms with van der Waals surface area (Å²) in [5.74, 6) is -0.285. The van der Waals surface area contributed by atoms with Gasteiger partial charge in [-0.25, -0.2) is 17.7 Å². The number of carbonyl (C=O) groups excluding carboxylic acids is 1. The summed E-state index contributed by atoms with van der Waals surface area (Å²) in [4.78, 5) is 20.8. The van der Waals surface area contributed by atoms with Crippen molar-refractivity contribution in [3.05, 3.63) is 83.9 Å². The summed E-state index contributed by atoms with van der Waals surface area (Å²) < 4.78 is 25.9. The molecule has 0 unspecified atom stereocenters. The van der Waals surface area contributed by atoms with E-state index in [0.717, 1.165) is 26.8 Å². The van der Waals surface area contributed by atoms with Crippen molar-refractivity contribution in [3.63, 3.8) is 0 Å². The fraction of sp³-hybridized carbons (Fsp3) is 0.120. The molecule has 3 aromatic carbocycles. The highest BCUT2D eigenvalue weighted by Crippen LogP contribution is 2.33. The molecule has 4 aromatic rings. The van der Waals surface area contributed by atoms with E-state index in [9.17, 15) is 13.2 Å². The molecule has 0 fully saturated rings. The van der Waals surface area contributed by atoms with E-state index in [0.29, 0.717) is 5.16 Å². The van der Waals surface area contributed by atoms with Crippen LogP contribution in [0.5, 0.6) is 0 Å². The van der Waals surface area contributed by atoms with Crippen LogP contribution in [0.25, 0.3) is 22.5 Å². The number of hydrogen-bond acceptors (Lipinski definition) is 5. The Bertz CT molecular complexity index is 1380. The Labute approximate surface area is 213 Å². The summed E-state index contributed by atoms with van der Waals surface area (Å²) in [5.41, 5.74) is 3.84. The van der Waals surface area contributed by atoms with Crippen molar-refractivity contribution >= 4 is 45.0 Å². The number of benzene rings is 3. The molecule has 2 N–H and O–H groups in total. The van der Waals surface area contributed by atoms with Crippen molar-refractivity contribution < 1.29 is 13.2 Å². The number of nitrogens with one attached hydrogen (secondary N) is 2. The van der Waals surface area contributed by atoms with Crippen molar-refractivity contribution in [1.29, 1.82) is 0 Å². The molecule has 4 rings (SSSR count). The lowest BCUT2D eigenvalue weighted by molar-refractivity contribution is -0.113. The Morgan fingerprint density at radius 2 is 1.63 bits per heavy atom. The van der Waals surface area contributed by atoms with Gasteiger partial charge in [0.1, 0.15) is 0 Å². The van der Waals surface area contributed by atoms with Crippen molar-refractivity contribution in [2.24, 2.45) is 0 Å². The zero-order valence-electron chi connectivity index (χ0n) is 19.0. The summed E-state index contributed by atoms with van der Waals surface area (Å²) in [5, 5.41) is 3.54. The minimum Gasteiger partial charge on any atom is -0.332 e. The van der Waals surface area contributed by atoms with Crippen molar-refractivity contribution in [3.8, 4) is 22.5 Å². The molecule has 0 aliphatic carbocycles. The zero-order chi connectivity index (χ0) is 25.0. The van der Waals surface area contributed by atoms with Gasteiger partial charge in [0.25, 0.3) is 0 Å². The quantitative estimate of drug-likeness (QED) is 0.301. The number of halogens is 1.